The summed E-state index contributed by atoms with van der Waals surface area (Å²) in [6, 6.07) is 4.50. The van der Waals surface area contributed by atoms with Crippen molar-refractivity contribution < 1.29 is 14.3 Å². The van der Waals surface area contributed by atoms with E-state index in [0.29, 0.717) is 16.6 Å². The first-order chi connectivity index (χ1) is 7.58. The fourth-order valence-electron chi connectivity index (χ4n) is 1.59. The standard InChI is InChI=1S/C11H9FN2O2/c1-6-11-7(12)3-2-4-8(11)14-9(13-6)5-10(15)16/h2-4H,5H2,1H3,(H,15,16). The van der Waals surface area contributed by atoms with Crippen LogP contribution in [0.15, 0.2) is 18.2 Å². The Kier molecular flexibility index (Phi) is 2.52. The van der Waals surface area contributed by atoms with Crippen LogP contribution in [0.4, 0.5) is 4.39 Å². The van der Waals surface area contributed by atoms with Gasteiger partial charge >= 0.3 is 5.97 Å². The van der Waals surface area contributed by atoms with Crippen LogP contribution >= 0.6 is 0 Å². The molecule has 1 heterocycles. The Hall–Kier alpha value is -2.04. The summed E-state index contributed by atoms with van der Waals surface area (Å²) in [6.07, 6.45) is -0.257. The highest BCUT2D eigenvalue weighted by Gasteiger charge is 2.10. The van der Waals surface area contributed by atoms with E-state index in [9.17, 15) is 9.18 Å². The van der Waals surface area contributed by atoms with Crippen molar-refractivity contribution >= 4 is 16.9 Å². The summed E-state index contributed by atoms with van der Waals surface area (Å²) < 4.78 is 13.4. The van der Waals surface area contributed by atoms with E-state index >= 15 is 0 Å². The predicted molar refractivity (Wildman–Crippen MR) is 55.6 cm³/mol. The average molecular weight is 220 g/mol. The number of hydrogen-bond donors (Lipinski definition) is 1. The van der Waals surface area contributed by atoms with Gasteiger partial charge in [0.25, 0.3) is 0 Å². The summed E-state index contributed by atoms with van der Waals surface area (Å²) in [5.74, 6) is -1.20. The Morgan fingerprint density at radius 3 is 2.88 bits per heavy atom. The Morgan fingerprint density at radius 2 is 2.19 bits per heavy atom. The van der Waals surface area contributed by atoms with Crippen LogP contribution in [0.2, 0.25) is 0 Å². The second-order valence-electron chi connectivity index (χ2n) is 3.43. The molecule has 0 aliphatic heterocycles. The Labute approximate surface area is 90.8 Å². The molecule has 2 aromatic rings. The smallest absolute Gasteiger partial charge is 0.311 e. The van der Waals surface area contributed by atoms with E-state index in [0.717, 1.165) is 0 Å². The molecule has 4 nitrogen and oxygen atoms in total. The van der Waals surface area contributed by atoms with Gasteiger partial charge in [0.05, 0.1) is 16.6 Å². The molecule has 0 radical (unpaired) electrons. The maximum Gasteiger partial charge on any atom is 0.311 e. The van der Waals surface area contributed by atoms with E-state index in [2.05, 4.69) is 9.97 Å². The molecule has 82 valence electrons. The molecule has 0 saturated carbocycles. The van der Waals surface area contributed by atoms with Gasteiger partial charge in [0, 0.05) is 0 Å². The van der Waals surface area contributed by atoms with Gasteiger partial charge in [-0.15, -0.1) is 0 Å². The zero-order chi connectivity index (χ0) is 11.7. The Bertz CT molecular complexity index is 569. The molecule has 16 heavy (non-hydrogen) atoms. The molecule has 0 amide bonds. The number of carboxylic acid groups (broad SMARTS) is 1. The number of aromatic nitrogens is 2. The zero-order valence-corrected chi connectivity index (χ0v) is 8.57. The predicted octanol–water partition coefficient (Wildman–Crippen LogP) is 1.70. The fourth-order valence-corrected chi connectivity index (χ4v) is 1.59. The van der Waals surface area contributed by atoms with E-state index < -0.39 is 11.8 Å². The quantitative estimate of drug-likeness (QED) is 0.836. The lowest BCUT2D eigenvalue weighted by atomic mass is 10.2. The topological polar surface area (TPSA) is 63.1 Å². The monoisotopic (exact) mass is 220 g/mol. The largest absolute Gasteiger partial charge is 0.481 e. The van der Waals surface area contributed by atoms with Crippen molar-refractivity contribution in [3.8, 4) is 0 Å². The number of nitrogens with zero attached hydrogens (tertiary/aromatic N) is 2. The first kappa shape index (κ1) is 10.5. The number of benzene rings is 1. The highest BCUT2D eigenvalue weighted by Crippen LogP contribution is 2.18. The van der Waals surface area contributed by atoms with E-state index in [1.165, 1.54) is 12.1 Å². The molecule has 5 heteroatoms. The number of carbonyl (C=O) groups is 1. The van der Waals surface area contributed by atoms with E-state index in [1.54, 1.807) is 13.0 Å². The minimum absolute atomic E-state index is 0.197. The van der Waals surface area contributed by atoms with Gasteiger partial charge in [0.2, 0.25) is 0 Å². The molecule has 1 aromatic carbocycles. The van der Waals surface area contributed by atoms with Crippen molar-refractivity contribution in [1.82, 2.24) is 9.97 Å². The third kappa shape index (κ3) is 1.84. The van der Waals surface area contributed by atoms with Gasteiger partial charge in [-0.25, -0.2) is 14.4 Å². The molecule has 0 spiro atoms. The van der Waals surface area contributed by atoms with Gasteiger partial charge in [0.1, 0.15) is 18.1 Å². The summed E-state index contributed by atoms with van der Waals surface area (Å²) in [6.45, 7) is 1.64. The maximum atomic E-state index is 13.4. The lowest BCUT2D eigenvalue weighted by molar-refractivity contribution is -0.136. The Balaban J connectivity index is 2.64. The fraction of sp³-hybridized carbons (Fsp3) is 0.182. The van der Waals surface area contributed by atoms with Crippen LogP contribution in [-0.4, -0.2) is 21.0 Å². The highest BCUT2D eigenvalue weighted by molar-refractivity contribution is 5.81. The van der Waals surface area contributed by atoms with Gasteiger partial charge in [-0.05, 0) is 19.1 Å². The third-order valence-electron chi connectivity index (χ3n) is 2.21. The molecular weight excluding hydrogens is 211 g/mol. The number of hydrogen-bond acceptors (Lipinski definition) is 3. The van der Waals surface area contributed by atoms with Crippen LogP contribution in [0.5, 0.6) is 0 Å². The summed E-state index contributed by atoms with van der Waals surface area (Å²) in [5.41, 5.74) is 0.892. The van der Waals surface area contributed by atoms with E-state index in [4.69, 9.17) is 5.11 Å². The number of halogens is 1. The number of carboxylic acids is 1. The van der Waals surface area contributed by atoms with Gasteiger partial charge in [-0.2, -0.15) is 0 Å². The van der Waals surface area contributed by atoms with Gasteiger partial charge < -0.3 is 5.11 Å². The Morgan fingerprint density at radius 1 is 1.44 bits per heavy atom. The molecule has 0 saturated heterocycles. The molecule has 1 N–H and O–H groups in total. The van der Waals surface area contributed by atoms with Gasteiger partial charge in [-0.1, -0.05) is 6.07 Å². The summed E-state index contributed by atoms with van der Waals surface area (Å²) in [4.78, 5) is 18.5. The van der Waals surface area contributed by atoms with Crippen LogP contribution < -0.4 is 0 Å². The van der Waals surface area contributed by atoms with Crippen molar-refractivity contribution in [1.29, 1.82) is 0 Å². The molecular formula is C11H9FN2O2. The van der Waals surface area contributed by atoms with Crippen molar-refractivity contribution in [2.24, 2.45) is 0 Å². The molecule has 0 aliphatic carbocycles. The van der Waals surface area contributed by atoms with E-state index in [-0.39, 0.29) is 12.2 Å². The average Bonchev–Trinajstić information content (AvgIpc) is 2.15. The molecule has 1 aromatic heterocycles. The second kappa shape index (κ2) is 3.84. The minimum atomic E-state index is -1.00. The number of fused-ring (bicyclic) bond motifs is 1. The van der Waals surface area contributed by atoms with Crippen LogP contribution in [0.25, 0.3) is 10.9 Å². The molecule has 0 bridgehead atoms. The van der Waals surface area contributed by atoms with Crippen molar-refractivity contribution in [2.45, 2.75) is 13.3 Å². The lowest BCUT2D eigenvalue weighted by Crippen LogP contribution is -2.06. The van der Waals surface area contributed by atoms with Crippen LogP contribution in [0.3, 0.4) is 0 Å². The molecule has 0 unspecified atom stereocenters. The normalized spacial score (nSPS) is 10.6. The van der Waals surface area contributed by atoms with Crippen molar-refractivity contribution in [3.63, 3.8) is 0 Å². The van der Waals surface area contributed by atoms with Crippen LogP contribution in [-0.2, 0) is 11.2 Å². The summed E-state index contributed by atoms with van der Waals surface area (Å²) in [5, 5.41) is 8.97. The molecule has 0 fully saturated rings. The second-order valence-corrected chi connectivity index (χ2v) is 3.43. The first-order valence-electron chi connectivity index (χ1n) is 4.71. The first-order valence-corrected chi connectivity index (χ1v) is 4.71. The van der Waals surface area contributed by atoms with Crippen molar-refractivity contribution in [2.75, 3.05) is 0 Å². The number of aryl methyl sites for hydroxylation is 1. The molecule has 0 atom stereocenters. The van der Waals surface area contributed by atoms with Crippen LogP contribution in [0, 0.1) is 12.7 Å². The summed E-state index contributed by atoms with van der Waals surface area (Å²) in [7, 11) is 0. The zero-order valence-electron chi connectivity index (χ0n) is 8.57. The minimum Gasteiger partial charge on any atom is -0.481 e. The van der Waals surface area contributed by atoms with Crippen LogP contribution in [0.1, 0.15) is 11.5 Å². The SMILES string of the molecule is Cc1nc(CC(=O)O)nc2cccc(F)c12. The van der Waals surface area contributed by atoms with Crippen molar-refractivity contribution in [3.05, 3.63) is 35.5 Å². The van der Waals surface area contributed by atoms with E-state index in [1.807, 2.05) is 0 Å². The van der Waals surface area contributed by atoms with Gasteiger partial charge in [-0.3, -0.25) is 4.79 Å². The lowest BCUT2D eigenvalue weighted by Gasteiger charge is -2.04. The maximum absolute atomic E-state index is 13.4. The summed E-state index contributed by atoms with van der Waals surface area (Å²) >= 11 is 0. The highest BCUT2D eigenvalue weighted by atomic mass is 19.1. The number of aliphatic carboxylic acids is 1. The third-order valence-corrected chi connectivity index (χ3v) is 2.21. The number of rotatable bonds is 2. The molecule has 2 rings (SSSR count). The molecule has 0 aliphatic rings. The van der Waals surface area contributed by atoms with Gasteiger partial charge in [0.15, 0.2) is 0 Å².